The van der Waals surface area contributed by atoms with Crippen LogP contribution in [0.4, 0.5) is 0 Å². The molecule has 1 aliphatic rings. The molecule has 1 saturated heterocycles. The van der Waals surface area contributed by atoms with Crippen LogP contribution in [0.15, 0.2) is 0 Å². The maximum absolute atomic E-state index is 12.5. The molecule has 0 radical (unpaired) electrons. The zero-order chi connectivity index (χ0) is 13.6. The number of ether oxygens (including phenoxy) is 2. The van der Waals surface area contributed by atoms with Gasteiger partial charge in [-0.2, -0.15) is 5.26 Å². The average molecular weight is 255 g/mol. The molecule has 0 aliphatic carbocycles. The van der Waals surface area contributed by atoms with E-state index in [1.165, 1.54) is 0 Å². The highest BCUT2D eigenvalue weighted by molar-refractivity contribution is 5.83. The molecular formula is C12H21N3O3. The fraction of sp³-hybridized carbons (Fsp3) is 0.833. The molecule has 2 atom stereocenters. The Bertz CT molecular complexity index is 329. The topological polar surface area (TPSA) is 88.6 Å². The highest BCUT2D eigenvalue weighted by atomic mass is 16.5. The number of carbonyl (C=O) groups excluding carboxylic acids is 1. The number of hydrogen-bond donors (Lipinski definition) is 1. The molecule has 0 aromatic carbocycles. The van der Waals surface area contributed by atoms with Crippen molar-refractivity contribution in [2.45, 2.75) is 19.4 Å². The Hall–Kier alpha value is -1.16. The molecular weight excluding hydrogens is 234 g/mol. The van der Waals surface area contributed by atoms with E-state index in [9.17, 15) is 4.79 Å². The van der Waals surface area contributed by atoms with Crippen LogP contribution in [0.3, 0.4) is 0 Å². The SMILES string of the molecule is COCCN(CCC#N)C(=O)C1(C)COCC1N. The van der Waals surface area contributed by atoms with Gasteiger partial charge in [-0.05, 0) is 6.92 Å². The third-order valence-electron chi connectivity index (χ3n) is 3.35. The molecule has 6 heteroatoms. The molecule has 1 rings (SSSR count). The number of nitrogens with two attached hydrogens (primary N) is 1. The first kappa shape index (κ1) is 14.9. The fourth-order valence-electron chi connectivity index (χ4n) is 1.97. The first-order valence-electron chi connectivity index (χ1n) is 6.05. The Morgan fingerprint density at radius 2 is 2.39 bits per heavy atom. The molecule has 102 valence electrons. The molecule has 0 aromatic heterocycles. The average Bonchev–Trinajstić information content (AvgIpc) is 2.70. The van der Waals surface area contributed by atoms with Crippen molar-refractivity contribution < 1.29 is 14.3 Å². The van der Waals surface area contributed by atoms with Crippen LogP contribution in [-0.2, 0) is 14.3 Å². The molecule has 1 aliphatic heterocycles. The van der Waals surface area contributed by atoms with Gasteiger partial charge in [0.25, 0.3) is 0 Å². The van der Waals surface area contributed by atoms with Crippen LogP contribution in [0.5, 0.6) is 0 Å². The molecule has 1 amide bonds. The minimum atomic E-state index is -0.691. The Labute approximate surface area is 108 Å². The number of amides is 1. The Morgan fingerprint density at radius 3 is 2.89 bits per heavy atom. The van der Waals surface area contributed by atoms with Gasteiger partial charge < -0.3 is 20.1 Å². The predicted molar refractivity (Wildman–Crippen MR) is 65.6 cm³/mol. The van der Waals surface area contributed by atoms with Crippen molar-refractivity contribution >= 4 is 5.91 Å². The van der Waals surface area contributed by atoms with E-state index in [-0.39, 0.29) is 11.9 Å². The summed E-state index contributed by atoms with van der Waals surface area (Å²) in [4.78, 5) is 14.1. The highest BCUT2D eigenvalue weighted by Crippen LogP contribution is 2.29. The maximum Gasteiger partial charge on any atom is 0.232 e. The minimum Gasteiger partial charge on any atom is -0.383 e. The number of rotatable bonds is 6. The lowest BCUT2D eigenvalue weighted by Crippen LogP contribution is -2.52. The molecule has 6 nitrogen and oxygen atoms in total. The number of nitrogens with zero attached hydrogens (tertiary/aromatic N) is 2. The Kier molecular flexibility index (Phi) is 5.54. The van der Waals surface area contributed by atoms with Crippen LogP contribution in [0.25, 0.3) is 0 Å². The lowest BCUT2D eigenvalue weighted by Gasteiger charge is -2.32. The summed E-state index contributed by atoms with van der Waals surface area (Å²) in [5.41, 5.74) is 5.25. The number of hydrogen-bond acceptors (Lipinski definition) is 5. The van der Waals surface area contributed by atoms with Gasteiger partial charge >= 0.3 is 0 Å². The van der Waals surface area contributed by atoms with Crippen LogP contribution < -0.4 is 5.73 Å². The van der Waals surface area contributed by atoms with Crippen LogP contribution in [-0.4, -0.2) is 56.9 Å². The van der Waals surface area contributed by atoms with E-state index in [1.807, 2.05) is 13.0 Å². The quantitative estimate of drug-likeness (QED) is 0.706. The lowest BCUT2D eigenvalue weighted by molar-refractivity contribution is -0.142. The van der Waals surface area contributed by atoms with E-state index >= 15 is 0 Å². The van der Waals surface area contributed by atoms with Crippen molar-refractivity contribution in [3.63, 3.8) is 0 Å². The first-order chi connectivity index (χ1) is 8.56. The van der Waals surface area contributed by atoms with Crippen molar-refractivity contribution in [3.8, 4) is 6.07 Å². The van der Waals surface area contributed by atoms with Crippen molar-refractivity contribution in [1.82, 2.24) is 4.90 Å². The summed E-state index contributed by atoms with van der Waals surface area (Å²) in [7, 11) is 1.58. The van der Waals surface area contributed by atoms with Gasteiger partial charge in [-0.15, -0.1) is 0 Å². The summed E-state index contributed by atoms with van der Waals surface area (Å²) in [6, 6.07) is 1.75. The summed E-state index contributed by atoms with van der Waals surface area (Å²) < 4.78 is 10.3. The van der Waals surface area contributed by atoms with E-state index in [0.717, 1.165) is 0 Å². The second-order valence-electron chi connectivity index (χ2n) is 4.73. The zero-order valence-corrected chi connectivity index (χ0v) is 11.0. The van der Waals surface area contributed by atoms with E-state index in [1.54, 1.807) is 12.0 Å². The van der Waals surface area contributed by atoms with Gasteiger partial charge in [-0.1, -0.05) is 0 Å². The molecule has 0 aromatic rings. The molecule has 18 heavy (non-hydrogen) atoms. The lowest BCUT2D eigenvalue weighted by atomic mass is 9.84. The smallest absolute Gasteiger partial charge is 0.232 e. The predicted octanol–water partition coefficient (Wildman–Crippen LogP) is -0.261. The summed E-state index contributed by atoms with van der Waals surface area (Å²) >= 11 is 0. The molecule has 1 fully saturated rings. The maximum atomic E-state index is 12.5. The van der Waals surface area contributed by atoms with Crippen molar-refractivity contribution in [2.75, 3.05) is 40.0 Å². The number of carbonyl (C=O) groups is 1. The molecule has 1 heterocycles. The van der Waals surface area contributed by atoms with Gasteiger partial charge in [-0.3, -0.25) is 4.79 Å². The van der Waals surface area contributed by atoms with Crippen molar-refractivity contribution in [2.24, 2.45) is 11.1 Å². The molecule has 2 N–H and O–H groups in total. The fourth-order valence-corrected chi connectivity index (χ4v) is 1.97. The number of nitriles is 1. The van der Waals surface area contributed by atoms with Gasteiger partial charge in [0, 0.05) is 26.2 Å². The Balaban J connectivity index is 2.71. The van der Waals surface area contributed by atoms with Crippen LogP contribution in [0.1, 0.15) is 13.3 Å². The summed E-state index contributed by atoms with van der Waals surface area (Å²) in [6.45, 7) is 3.88. The molecule has 2 unspecified atom stereocenters. The Morgan fingerprint density at radius 1 is 1.67 bits per heavy atom. The second-order valence-corrected chi connectivity index (χ2v) is 4.73. The third kappa shape index (κ3) is 3.19. The summed E-state index contributed by atoms with van der Waals surface area (Å²) in [5, 5.41) is 8.64. The normalized spacial score (nSPS) is 26.9. The van der Waals surface area contributed by atoms with Gasteiger partial charge in [-0.25, -0.2) is 0 Å². The van der Waals surface area contributed by atoms with E-state index < -0.39 is 5.41 Å². The molecule has 0 bridgehead atoms. The van der Waals surface area contributed by atoms with Crippen molar-refractivity contribution in [3.05, 3.63) is 0 Å². The second kappa shape index (κ2) is 6.69. The standard InChI is InChI=1S/C12H21N3O3/c1-12(9-18-8-10(12)14)11(16)15(5-3-4-13)6-7-17-2/h10H,3,5-9,14H2,1-2H3. The van der Waals surface area contributed by atoms with E-state index in [4.69, 9.17) is 20.5 Å². The monoisotopic (exact) mass is 255 g/mol. The minimum absolute atomic E-state index is 0.0557. The summed E-state index contributed by atoms with van der Waals surface area (Å²) in [6.07, 6.45) is 0.307. The largest absolute Gasteiger partial charge is 0.383 e. The van der Waals surface area contributed by atoms with Gasteiger partial charge in [0.1, 0.15) is 0 Å². The first-order valence-corrected chi connectivity index (χ1v) is 6.05. The van der Waals surface area contributed by atoms with E-state index in [0.29, 0.717) is 39.3 Å². The molecule has 0 spiro atoms. The van der Waals surface area contributed by atoms with Crippen LogP contribution in [0, 0.1) is 16.7 Å². The van der Waals surface area contributed by atoms with Crippen LogP contribution >= 0.6 is 0 Å². The van der Waals surface area contributed by atoms with Gasteiger partial charge in [0.2, 0.25) is 5.91 Å². The third-order valence-corrected chi connectivity index (χ3v) is 3.35. The van der Waals surface area contributed by atoms with E-state index in [2.05, 4.69) is 0 Å². The van der Waals surface area contributed by atoms with Crippen molar-refractivity contribution in [1.29, 1.82) is 5.26 Å². The van der Waals surface area contributed by atoms with Crippen LogP contribution in [0.2, 0.25) is 0 Å². The molecule has 0 saturated carbocycles. The summed E-state index contributed by atoms with van der Waals surface area (Å²) in [5.74, 6) is -0.0557. The van der Waals surface area contributed by atoms with Gasteiger partial charge in [0.15, 0.2) is 0 Å². The van der Waals surface area contributed by atoms with Gasteiger partial charge in [0.05, 0.1) is 37.7 Å². The zero-order valence-electron chi connectivity index (χ0n) is 11.0. The number of methoxy groups -OCH3 is 1. The highest BCUT2D eigenvalue weighted by Gasteiger charge is 2.46.